The van der Waals surface area contributed by atoms with Crippen LogP contribution in [0.2, 0.25) is 0 Å². The quantitative estimate of drug-likeness (QED) is 0.656. The van der Waals surface area contributed by atoms with E-state index in [-0.39, 0.29) is 11.7 Å². The summed E-state index contributed by atoms with van der Waals surface area (Å²) in [5.41, 5.74) is 4.58. The smallest absolute Gasteiger partial charge is 0.252 e. The van der Waals surface area contributed by atoms with E-state index >= 15 is 0 Å². The van der Waals surface area contributed by atoms with Gasteiger partial charge in [-0.3, -0.25) is 9.59 Å². The van der Waals surface area contributed by atoms with Crippen molar-refractivity contribution in [2.45, 2.75) is 19.5 Å². The molecule has 29 heavy (non-hydrogen) atoms. The van der Waals surface area contributed by atoms with Gasteiger partial charge in [-0.15, -0.1) is 0 Å². The third kappa shape index (κ3) is 4.25. The Hall–Kier alpha value is -3.31. The summed E-state index contributed by atoms with van der Waals surface area (Å²) in [4.78, 5) is 25.6. The van der Waals surface area contributed by atoms with Crippen LogP contribution in [0.1, 0.15) is 43.0 Å². The van der Waals surface area contributed by atoms with Gasteiger partial charge < -0.3 is 10.6 Å². The van der Waals surface area contributed by atoms with Crippen molar-refractivity contribution in [3.8, 4) is 0 Å². The van der Waals surface area contributed by atoms with Crippen LogP contribution in [0.3, 0.4) is 0 Å². The first-order valence-corrected chi connectivity index (χ1v) is 9.61. The molecule has 0 fully saturated rings. The standard InChI is InChI=1S/C24H21FN2O2/c25-20-9-7-17(8-10-20)23(28)21-3-1-2-4-22(21)24(29)27-14-16-5-6-19-15-26-12-11-18(19)13-16/h1-10,13,26H,11-12,14-15H2,(H,27,29). The summed E-state index contributed by atoms with van der Waals surface area (Å²) in [6.07, 6.45) is 0.978. The lowest BCUT2D eigenvalue weighted by Crippen LogP contribution is -2.26. The minimum Gasteiger partial charge on any atom is -0.348 e. The summed E-state index contributed by atoms with van der Waals surface area (Å²) in [5.74, 6) is -1.03. The van der Waals surface area contributed by atoms with Gasteiger partial charge in [0, 0.05) is 24.2 Å². The van der Waals surface area contributed by atoms with Crippen molar-refractivity contribution in [3.05, 3.63) is 106 Å². The minimum absolute atomic E-state index is 0.299. The number of hydrogen-bond donors (Lipinski definition) is 2. The van der Waals surface area contributed by atoms with E-state index in [0.717, 1.165) is 25.1 Å². The van der Waals surface area contributed by atoms with Gasteiger partial charge in [-0.25, -0.2) is 4.39 Å². The molecule has 1 aliphatic heterocycles. The molecule has 2 N–H and O–H groups in total. The molecule has 0 unspecified atom stereocenters. The summed E-state index contributed by atoms with van der Waals surface area (Å²) in [7, 11) is 0. The summed E-state index contributed by atoms with van der Waals surface area (Å²) in [5, 5.41) is 6.25. The minimum atomic E-state index is -0.409. The number of ketones is 1. The summed E-state index contributed by atoms with van der Waals surface area (Å²) in [6, 6.07) is 18.2. The molecule has 5 heteroatoms. The number of amides is 1. The van der Waals surface area contributed by atoms with Gasteiger partial charge in [0.05, 0.1) is 5.56 Å². The lowest BCUT2D eigenvalue weighted by Gasteiger charge is -2.18. The van der Waals surface area contributed by atoms with Crippen LogP contribution in [0.5, 0.6) is 0 Å². The second-order valence-electron chi connectivity index (χ2n) is 7.09. The molecule has 4 rings (SSSR count). The number of hydrogen-bond acceptors (Lipinski definition) is 3. The molecule has 1 aliphatic rings. The van der Waals surface area contributed by atoms with E-state index in [4.69, 9.17) is 0 Å². The van der Waals surface area contributed by atoms with E-state index in [1.54, 1.807) is 24.3 Å². The van der Waals surface area contributed by atoms with Crippen LogP contribution in [0, 0.1) is 5.82 Å². The predicted octanol–water partition coefficient (Wildman–Crippen LogP) is 3.63. The Balaban J connectivity index is 1.51. The van der Waals surface area contributed by atoms with Crippen molar-refractivity contribution >= 4 is 11.7 Å². The highest BCUT2D eigenvalue weighted by atomic mass is 19.1. The molecule has 0 saturated carbocycles. The summed E-state index contributed by atoms with van der Waals surface area (Å²) in [6.45, 7) is 2.22. The first-order chi connectivity index (χ1) is 14.1. The molecule has 146 valence electrons. The van der Waals surface area contributed by atoms with Gasteiger partial charge in [0.1, 0.15) is 5.82 Å². The van der Waals surface area contributed by atoms with Gasteiger partial charge in [-0.05, 0) is 60.0 Å². The lowest BCUT2D eigenvalue weighted by atomic mass is 9.97. The fourth-order valence-corrected chi connectivity index (χ4v) is 3.55. The fourth-order valence-electron chi connectivity index (χ4n) is 3.55. The zero-order chi connectivity index (χ0) is 20.2. The number of nitrogens with one attached hydrogen (secondary N) is 2. The third-order valence-corrected chi connectivity index (χ3v) is 5.13. The SMILES string of the molecule is O=C(NCc1ccc2c(c1)CCNC2)c1ccccc1C(=O)c1ccc(F)cc1. The zero-order valence-corrected chi connectivity index (χ0v) is 15.9. The Kier molecular flexibility index (Phi) is 5.49. The zero-order valence-electron chi connectivity index (χ0n) is 15.9. The van der Waals surface area contributed by atoms with Crippen LogP contribution in [0.25, 0.3) is 0 Å². The van der Waals surface area contributed by atoms with Crippen molar-refractivity contribution in [1.82, 2.24) is 10.6 Å². The largest absolute Gasteiger partial charge is 0.348 e. The molecule has 4 nitrogen and oxygen atoms in total. The Morgan fingerprint density at radius 1 is 0.931 bits per heavy atom. The average molecular weight is 388 g/mol. The van der Waals surface area contributed by atoms with Gasteiger partial charge in [-0.1, -0.05) is 36.4 Å². The highest BCUT2D eigenvalue weighted by Gasteiger charge is 2.18. The van der Waals surface area contributed by atoms with Crippen LogP contribution in [-0.4, -0.2) is 18.2 Å². The van der Waals surface area contributed by atoms with Crippen LogP contribution in [0.4, 0.5) is 4.39 Å². The molecule has 0 saturated heterocycles. The summed E-state index contributed by atoms with van der Waals surface area (Å²) >= 11 is 0. The van der Waals surface area contributed by atoms with Crippen LogP contribution < -0.4 is 10.6 Å². The maximum Gasteiger partial charge on any atom is 0.252 e. The van der Waals surface area contributed by atoms with Gasteiger partial charge in [0.15, 0.2) is 5.78 Å². The van der Waals surface area contributed by atoms with Gasteiger partial charge in [0.2, 0.25) is 0 Å². The number of rotatable bonds is 5. The van der Waals surface area contributed by atoms with Gasteiger partial charge in [0.25, 0.3) is 5.91 Å². The van der Waals surface area contributed by atoms with E-state index in [2.05, 4.69) is 22.8 Å². The lowest BCUT2D eigenvalue weighted by molar-refractivity contribution is 0.0939. The van der Waals surface area contributed by atoms with Crippen molar-refractivity contribution in [1.29, 1.82) is 0 Å². The maximum atomic E-state index is 13.1. The van der Waals surface area contributed by atoms with E-state index in [1.807, 2.05) is 6.07 Å². The van der Waals surface area contributed by atoms with Crippen LogP contribution >= 0.6 is 0 Å². The highest BCUT2D eigenvalue weighted by molar-refractivity contribution is 6.15. The van der Waals surface area contributed by atoms with Gasteiger partial charge >= 0.3 is 0 Å². The van der Waals surface area contributed by atoms with E-state index in [0.29, 0.717) is 23.2 Å². The summed E-state index contributed by atoms with van der Waals surface area (Å²) < 4.78 is 13.1. The number of carbonyl (C=O) groups excluding carboxylic acids is 2. The molecule has 0 radical (unpaired) electrons. The van der Waals surface area contributed by atoms with Crippen molar-refractivity contribution in [2.75, 3.05) is 6.54 Å². The molecule has 1 heterocycles. The second kappa shape index (κ2) is 8.37. The molecule has 1 amide bonds. The number of carbonyl (C=O) groups is 2. The van der Waals surface area contributed by atoms with Gasteiger partial charge in [-0.2, -0.15) is 0 Å². The Labute approximate surface area is 168 Å². The molecule has 0 spiro atoms. The van der Waals surface area contributed by atoms with E-state index in [9.17, 15) is 14.0 Å². The molecular formula is C24H21FN2O2. The average Bonchev–Trinajstić information content (AvgIpc) is 2.77. The molecular weight excluding hydrogens is 367 g/mol. The monoisotopic (exact) mass is 388 g/mol. The number of fused-ring (bicyclic) bond motifs is 1. The highest BCUT2D eigenvalue weighted by Crippen LogP contribution is 2.18. The van der Waals surface area contributed by atoms with E-state index in [1.165, 1.54) is 35.4 Å². The Morgan fingerprint density at radius 3 is 2.48 bits per heavy atom. The van der Waals surface area contributed by atoms with E-state index < -0.39 is 5.82 Å². The molecule has 0 aliphatic carbocycles. The first kappa shape index (κ1) is 19.0. The Morgan fingerprint density at radius 2 is 1.69 bits per heavy atom. The van der Waals surface area contributed by atoms with Crippen LogP contribution in [0.15, 0.2) is 66.7 Å². The van der Waals surface area contributed by atoms with Crippen LogP contribution in [-0.2, 0) is 19.5 Å². The first-order valence-electron chi connectivity index (χ1n) is 9.61. The fraction of sp³-hybridized carbons (Fsp3) is 0.167. The molecule has 0 bridgehead atoms. The maximum absolute atomic E-state index is 13.1. The number of halogens is 1. The molecule has 3 aromatic rings. The normalized spacial score (nSPS) is 12.9. The topological polar surface area (TPSA) is 58.2 Å². The number of benzene rings is 3. The van der Waals surface area contributed by atoms with Crippen molar-refractivity contribution in [3.63, 3.8) is 0 Å². The Bertz CT molecular complexity index is 1060. The second-order valence-corrected chi connectivity index (χ2v) is 7.09. The molecule has 3 aromatic carbocycles. The predicted molar refractivity (Wildman–Crippen MR) is 109 cm³/mol. The van der Waals surface area contributed by atoms with Crippen molar-refractivity contribution < 1.29 is 14.0 Å². The third-order valence-electron chi connectivity index (χ3n) is 5.13. The molecule has 0 atom stereocenters. The van der Waals surface area contributed by atoms with Crippen molar-refractivity contribution in [2.24, 2.45) is 0 Å². The molecule has 0 aromatic heterocycles.